The van der Waals surface area contributed by atoms with Gasteiger partial charge in [0.15, 0.2) is 0 Å². The topological polar surface area (TPSA) is 51.7 Å². The molecule has 0 atom stereocenters. The van der Waals surface area contributed by atoms with Crippen LogP contribution in [0.3, 0.4) is 0 Å². The summed E-state index contributed by atoms with van der Waals surface area (Å²) in [6.45, 7) is 9.66. The lowest BCUT2D eigenvalue weighted by atomic mass is 9.93. The Kier molecular flexibility index (Phi) is 5.27. The van der Waals surface area contributed by atoms with Crippen molar-refractivity contribution in [2.45, 2.75) is 52.1 Å². The highest BCUT2D eigenvalue weighted by Crippen LogP contribution is 2.28. The van der Waals surface area contributed by atoms with Crippen LogP contribution >= 0.6 is 0 Å². The van der Waals surface area contributed by atoms with Crippen LogP contribution in [0.1, 0.15) is 52.1 Å². The first-order chi connectivity index (χ1) is 10.4. The second-order valence-corrected chi connectivity index (χ2v) is 6.58. The molecule has 1 aliphatic heterocycles. The van der Waals surface area contributed by atoms with E-state index in [2.05, 4.69) is 4.98 Å². The van der Waals surface area contributed by atoms with Crippen molar-refractivity contribution < 1.29 is 14.3 Å². The summed E-state index contributed by atoms with van der Waals surface area (Å²) in [6.07, 6.45) is 1.59. The molecule has 1 aromatic rings. The van der Waals surface area contributed by atoms with Crippen molar-refractivity contribution in [2.75, 3.05) is 19.7 Å². The molecule has 1 aromatic heterocycles. The van der Waals surface area contributed by atoms with Crippen LogP contribution in [0.2, 0.25) is 0 Å². The Morgan fingerprint density at radius 3 is 2.59 bits per heavy atom. The van der Waals surface area contributed by atoms with E-state index in [9.17, 15) is 4.79 Å². The molecule has 1 fully saturated rings. The zero-order chi connectivity index (χ0) is 16.2. The fraction of sp³-hybridized carbons (Fsp3) is 0.647. The van der Waals surface area contributed by atoms with Crippen molar-refractivity contribution in [2.24, 2.45) is 0 Å². The number of nitrogens with zero attached hydrogens (tertiary/aromatic N) is 2. The maximum absolute atomic E-state index is 12.1. The summed E-state index contributed by atoms with van der Waals surface area (Å²) in [6, 6.07) is 5.90. The van der Waals surface area contributed by atoms with Gasteiger partial charge in [-0.25, -0.2) is 9.78 Å². The van der Waals surface area contributed by atoms with Crippen LogP contribution in [-0.2, 0) is 4.74 Å². The lowest BCUT2D eigenvalue weighted by Crippen LogP contribution is -2.41. The molecule has 1 amide bonds. The highest BCUT2D eigenvalue weighted by molar-refractivity contribution is 5.68. The zero-order valence-corrected chi connectivity index (χ0v) is 14.0. The first-order valence-electron chi connectivity index (χ1n) is 7.96. The predicted octanol–water partition coefficient (Wildman–Crippen LogP) is 3.59. The fourth-order valence-corrected chi connectivity index (χ4v) is 2.57. The molecule has 122 valence electrons. The van der Waals surface area contributed by atoms with Crippen LogP contribution in [0.4, 0.5) is 4.79 Å². The van der Waals surface area contributed by atoms with E-state index in [1.807, 2.05) is 45.9 Å². The quantitative estimate of drug-likeness (QED) is 0.856. The average Bonchev–Trinajstić information content (AvgIpc) is 2.46. The summed E-state index contributed by atoms with van der Waals surface area (Å²) in [5.41, 5.74) is 0.608. The van der Waals surface area contributed by atoms with Gasteiger partial charge in [-0.05, 0) is 46.6 Å². The van der Waals surface area contributed by atoms with Gasteiger partial charge in [-0.15, -0.1) is 0 Å². The number of carbonyl (C=O) groups excluding carboxylic acids is 1. The molecule has 1 saturated heterocycles. The Morgan fingerprint density at radius 2 is 2.00 bits per heavy atom. The summed E-state index contributed by atoms with van der Waals surface area (Å²) in [5.74, 6) is 1.05. The van der Waals surface area contributed by atoms with Crippen LogP contribution < -0.4 is 4.74 Å². The number of amides is 1. The Labute approximate surface area is 132 Å². The molecule has 0 aliphatic carbocycles. The van der Waals surface area contributed by atoms with Crippen LogP contribution in [-0.4, -0.2) is 41.3 Å². The summed E-state index contributed by atoms with van der Waals surface area (Å²) in [4.78, 5) is 18.4. The van der Waals surface area contributed by atoms with Crippen molar-refractivity contribution in [1.82, 2.24) is 9.88 Å². The third-order valence-electron chi connectivity index (χ3n) is 3.60. The van der Waals surface area contributed by atoms with Gasteiger partial charge in [0.1, 0.15) is 5.60 Å². The van der Waals surface area contributed by atoms with E-state index in [1.165, 1.54) is 0 Å². The van der Waals surface area contributed by atoms with E-state index in [-0.39, 0.29) is 6.09 Å². The zero-order valence-electron chi connectivity index (χ0n) is 14.0. The van der Waals surface area contributed by atoms with Crippen LogP contribution in [0.5, 0.6) is 5.88 Å². The van der Waals surface area contributed by atoms with Gasteiger partial charge in [-0.3, -0.25) is 0 Å². The molecule has 2 heterocycles. The van der Waals surface area contributed by atoms with Crippen LogP contribution in [0, 0.1) is 0 Å². The van der Waals surface area contributed by atoms with E-state index in [0.29, 0.717) is 31.5 Å². The largest absolute Gasteiger partial charge is 0.478 e. The van der Waals surface area contributed by atoms with E-state index in [4.69, 9.17) is 9.47 Å². The van der Waals surface area contributed by atoms with Gasteiger partial charge in [-0.2, -0.15) is 0 Å². The van der Waals surface area contributed by atoms with E-state index >= 15 is 0 Å². The van der Waals surface area contributed by atoms with Gasteiger partial charge in [0.05, 0.1) is 6.61 Å². The number of ether oxygens (including phenoxy) is 2. The molecule has 0 spiro atoms. The van der Waals surface area contributed by atoms with Crippen LogP contribution in [0.25, 0.3) is 0 Å². The van der Waals surface area contributed by atoms with Crippen molar-refractivity contribution in [3.05, 3.63) is 23.9 Å². The molecule has 0 saturated carbocycles. The van der Waals surface area contributed by atoms with E-state index in [0.717, 1.165) is 18.5 Å². The van der Waals surface area contributed by atoms with Crippen LogP contribution in [0.15, 0.2) is 18.2 Å². The molecule has 0 unspecified atom stereocenters. The first-order valence-corrected chi connectivity index (χ1v) is 7.96. The second-order valence-electron chi connectivity index (χ2n) is 6.58. The third kappa shape index (κ3) is 4.61. The predicted molar refractivity (Wildman–Crippen MR) is 85.2 cm³/mol. The van der Waals surface area contributed by atoms with Gasteiger partial charge in [0.2, 0.25) is 5.88 Å². The highest BCUT2D eigenvalue weighted by atomic mass is 16.6. The number of hydrogen-bond acceptors (Lipinski definition) is 4. The third-order valence-corrected chi connectivity index (χ3v) is 3.60. The number of rotatable bonds is 3. The minimum atomic E-state index is -0.443. The number of carbonyl (C=O) groups is 1. The lowest BCUT2D eigenvalue weighted by Gasteiger charge is -2.33. The second kappa shape index (κ2) is 6.99. The van der Waals surface area contributed by atoms with Crippen molar-refractivity contribution in [1.29, 1.82) is 0 Å². The summed E-state index contributed by atoms with van der Waals surface area (Å²) in [7, 11) is 0. The minimum Gasteiger partial charge on any atom is -0.478 e. The lowest BCUT2D eigenvalue weighted by molar-refractivity contribution is 0.0204. The van der Waals surface area contributed by atoms with Gasteiger partial charge >= 0.3 is 6.09 Å². The van der Waals surface area contributed by atoms with Crippen molar-refractivity contribution in [3.63, 3.8) is 0 Å². The van der Waals surface area contributed by atoms with Crippen molar-refractivity contribution >= 4 is 6.09 Å². The molecular formula is C17H26N2O3. The molecule has 5 heteroatoms. The molecule has 0 N–H and O–H groups in total. The number of piperidine rings is 1. The van der Waals surface area contributed by atoms with E-state index in [1.54, 1.807) is 4.90 Å². The maximum Gasteiger partial charge on any atom is 0.410 e. The standard InChI is InChI=1S/C17H26N2O3/c1-5-21-15-8-6-7-14(18-15)13-9-11-19(12-10-13)16(20)22-17(2,3)4/h6-8,13H,5,9-12H2,1-4H3. The molecule has 0 radical (unpaired) electrons. The number of hydrogen-bond donors (Lipinski definition) is 0. The van der Waals surface area contributed by atoms with Gasteiger partial charge in [0.25, 0.3) is 0 Å². The molecule has 5 nitrogen and oxygen atoms in total. The van der Waals surface area contributed by atoms with Crippen molar-refractivity contribution in [3.8, 4) is 5.88 Å². The SMILES string of the molecule is CCOc1cccc(C2CCN(C(=O)OC(C)(C)C)CC2)n1. The molecule has 0 bridgehead atoms. The maximum atomic E-state index is 12.1. The number of likely N-dealkylation sites (tertiary alicyclic amines) is 1. The smallest absolute Gasteiger partial charge is 0.410 e. The summed E-state index contributed by atoms with van der Waals surface area (Å²) >= 11 is 0. The molecule has 0 aromatic carbocycles. The minimum absolute atomic E-state index is 0.220. The molecule has 22 heavy (non-hydrogen) atoms. The molecule has 2 rings (SSSR count). The Hall–Kier alpha value is -1.78. The summed E-state index contributed by atoms with van der Waals surface area (Å²) in [5, 5.41) is 0. The van der Waals surface area contributed by atoms with Gasteiger partial charge < -0.3 is 14.4 Å². The Balaban J connectivity index is 1.92. The Bertz CT molecular complexity index is 503. The summed E-state index contributed by atoms with van der Waals surface area (Å²) < 4.78 is 10.9. The molecular weight excluding hydrogens is 280 g/mol. The van der Waals surface area contributed by atoms with Gasteiger partial charge in [-0.1, -0.05) is 6.07 Å². The molecule has 1 aliphatic rings. The average molecular weight is 306 g/mol. The highest BCUT2D eigenvalue weighted by Gasteiger charge is 2.28. The van der Waals surface area contributed by atoms with E-state index < -0.39 is 5.60 Å². The first kappa shape index (κ1) is 16.6. The monoisotopic (exact) mass is 306 g/mol. The fourth-order valence-electron chi connectivity index (χ4n) is 2.57. The van der Waals surface area contributed by atoms with Gasteiger partial charge in [0, 0.05) is 30.8 Å². The normalized spacial score (nSPS) is 16.5. The number of aromatic nitrogens is 1. The number of pyridine rings is 1. The Morgan fingerprint density at radius 1 is 1.32 bits per heavy atom.